The normalized spacial score (nSPS) is 10.1. The molecule has 1 aromatic carbocycles. The fourth-order valence-electron chi connectivity index (χ4n) is 1.76. The van der Waals surface area contributed by atoms with Gasteiger partial charge < -0.3 is 20.1 Å². The van der Waals surface area contributed by atoms with Gasteiger partial charge in [-0.3, -0.25) is 4.79 Å². The van der Waals surface area contributed by atoms with E-state index in [1.165, 1.54) is 11.3 Å². The van der Waals surface area contributed by atoms with Gasteiger partial charge in [0.15, 0.2) is 5.13 Å². The van der Waals surface area contributed by atoms with E-state index in [0.29, 0.717) is 13.2 Å². The highest BCUT2D eigenvalue weighted by Crippen LogP contribution is 2.16. The third-order valence-corrected chi connectivity index (χ3v) is 3.77. The molecular weight excluding hydrogens is 302 g/mol. The minimum Gasteiger partial charge on any atom is -0.497 e. The van der Waals surface area contributed by atoms with Crippen molar-refractivity contribution in [3.8, 4) is 11.5 Å². The third-order valence-electron chi connectivity index (χ3n) is 2.86. The maximum Gasteiger partial charge on any atom is 0.226 e. The second kappa shape index (κ2) is 8.23. The SMILES string of the molecule is CNc1nc(CC(=O)NCCOc2ccc(OC)cc2)cs1. The van der Waals surface area contributed by atoms with Crippen LogP contribution in [0.25, 0.3) is 0 Å². The average Bonchev–Trinajstić information content (AvgIpc) is 2.99. The number of amides is 1. The number of nitrogens with one attached hydrogen (secondary N) is 2. The molecule has 118 valence electrons. The van der Waals surface area contributed by atoms with Crippen molar-refractivity contribution in [2.24, 2.45) is 0 Å². The molecule has 0 bridgehead atoms. The Hall–Kier alpha value is -2.28. The number of ether oxygens (including phenoxy) is 2. The first-order chi connectivity index (χ1) is 10.7. The molecule has 1 heterocycles. The van der Waals surface area contributed by atoms with E-state index in [2.05, 4.69) is 15.6 Å². The Morgan fingerprint density at radius 1 is 1.27 bits per heavy atom. The minimum atomic E-state index is -0.0636. The van der Waals surface area contributed by atoms with Crippen LogP contribution in [0.5, 0.6) is 11.5 Å². The molecule has 2 aromatic rings. The van der Waals surface area contributed by atoms with Crippen molar-refractivity contribution in [2.75, 3.05) is 32.6 Å². The highest BCUT2D eigenvalue weighted by atomic mass is 32.1. The van der Waals surface area contributed by atoms with Crippen LogP contribution < -0.4 is 20.1 Å². The highest BCUT2D eigenvalue weighted by Gasteiger charge is 2.06. The van der Waals surface area contributed by atoms with E-state index in [0.717, 1.165) is 22.3 Å². The number of nitrogens with zero attached hydrogens (tertiary/aromatic N) is 1. The summed E-state index contributed by atoms with van der Waals surface area (Å²) >= 11 is 1.48. The van der Waals surface area contributed by atoms with E-state index in [1.807, 2.05) is 29.6 Å². The standard InChI is InChI=1S/C15H19N3O3S/c1-16-15-18-11(10-22-15)9-14(19)17-7-8-21-13-5-3-12(20-2)4-6-13/h3-6,10H,7-9H2,1-2H3,(H,16,18)(H,17,19). The number of carbonyl (C=O) groups excluding carboxylic acids is 1. The number of anilines is 1. The molecule has 6 nitrogen and oxygen atoms in total. The van der Waals surface area contributed by atoms with Gasteiger partial charge in [-0.1, -0.05) is 0 Å². The van der Waals surface area contributed by atoms with Crippen molar-refractivity contribution >= 4 is 22.4 Å². The number of rotatable bonds is 8. The molecule has 0 spiro atoms. The minimum absolute atomic E-state index is 0.0636. The number of carbonyl (C=O) groups is 1. The summed E-state index contributed by atoms with van der Waals surface area (Å²) in [5.41, 5.74) is 0.767. The summed E-state index contributed by atoms with van der Waals surface area (Å²) in [4.78, 5) is 16.0. The van der Waals surface area contributed by atoms with Gasteiger partial charge in [-0.25, -0.2) is 4.98 Å². The molecule has 0 aliphatic heterocycles. The van der Waals surface area contributed by atoms with Crippen LogP contribution in [-0.4, -0.2) is 38.2 Å². The first-order valence-corrected chi connectivity index (χ1v) is 7.75. The van der Waals surface area contributed by atoms with Crippen molar-refractivity contribution in [3.05, 3.63) is 35.3 Å². The van der Waals surface area contributed by atoms with E-state index in [-0.39, 0.29) is 12.3 Å². The summed E-state index contributed by atoms with van der Waals surface area (Å²) in [5.74, 6) is 1.46. The number of benzene rings is 1. The van der Waals surface area contributed by atoms with Crippen molar-refractivity contribution < 1.29 is 14.3 Å². The zero-order valence-electron chi connectivity index (χ0n) is 12.6. The van der Waals surface area contributed by atoms with Gasteiger partial charge in [0.2, 0.25) is 5.91 Å². The molecule has 0 aliphatic carbocycles. The summed E-state index contributed by atoms with van der Waals surface area (Å²) in [7, 11) is 3.42. The topological polar surface area (TPSA) is 72.5 Å². The Morgan fingerprint density at radius 3 is 2.64 bits per heavy atom. The second-order valence-electron chi connectivity index (χ2n) is 4.44. The lowest BCUT2D eigenvalue weighted by molar-refractivity contribution is -0.120. The van der Waals surface area contributed by atoms with Crippen molar-refractivity contribution in [1.82, 2.24) is 10.3 Å². The predicted octanol–water partition coefficient (Wildman–Crippen LogP) is 1.93. The van der Waals surface area contributed by atoms with E-state index < -0.39 is 0 Å². The first-order valence-electron chi connectivity index (χ1n) is 6.87. The molecule has 0 radical (unpaired) electrons. The Labute approximate surface area is 133 Å². The maximum absolute atomic E-state index is 11.8. The molecule has 1 amide bonds. The van der Waals surface area contributed by atoms with Gasteiger partial charge in [-0.05, 0) is 24.3 Å². The van der Waals surface area contributed by atoms with Crippen molar-refractivity contribution in [1.29, 1.82) is 0 Å². The van der Waals surface area contributed by atoms with Crippen LogP contribution in [0, 0.1) is 0 Å². The van der Waals surface area contributed by atoms with Gasteiger partial charge in [0, 0.05) is 12.4 Å². The smallest absolute Gasteiger partial charge is 0.226 e. The van der Waals surface area contributed by atoms with Crippen LogP contribution in [0.2, 0.25) is 0 Å². The van der Waals surface area contributed by atoms with E-state index in [9.17, 15) is 4.79 Å². The van der Waals surface area contributed by atoms with Crippen LogP contribution in [0.15, 0.2) is 29.6 Å². The quantitative estimate of drug-likeness (QED) is 0.727. The van der Waals surface area contributed by atoms with Gasteiger partial charge in [0.1, 0.15) is 18.1 Å². The lowest BCUT2D eigenvalue weighted by Gasteiger charge is -2.08. The highest BCUT2D eigenvalue weighted by molar-refractivity contribution is 7.13. The lowest BCUT2D eigenvalue weighted by Crippen LogP contribution is -2.29. The predicted molar refractivity (Wildman–Crippen MR) is 86.9 cm³/mol. The number of aromatic nitrogens is 1. The van der Waals surface area contributed by atoms with Gasteiger partial charge >= 0.3 is 0 Å². The van der Waals surface area contributed by atoms with E-state index in [4.69, 9.17) is 9.47 Å². The molecule has 22 heavy (non-hydrogen) atoms. The summed E-state index contributed by atoms with van der Waals surface area (Å²) in [5, 5.41) is 8.44. The molecule has 0 saturated heterocycles. The molecule has 2 rings (SSSR count). The van der Waals surface area contributed by atoms with Crippen LogP contribution in [0.4, 0.5) is 5.13 Å². The summed E-state index contributed by atoms with van der Waals surface area (Å²) in [6.45, 7) is 0.866. The van der Waals surface area contributed by atoms with Crippen molar-refractivity contribution in [2.45, 2.75) is 6.42 Å². The van der Waals surface area contributed by atoms with E-state index in [1.54, 1.807) is 14.2 Å². The summed E-state index contributed by atoms with van der Waals surface area (Å²) in [6, 6.07) is 7.31. The summed E-state index contributed by atoms with van der Waals surface area (Å²) in [6.07, 6.45) is 0.278. The van der Waals surface area contributed by atoms with Gasteiger partial charge in [-0.15, -0.1) is 11.3 Å². The zero-order chi connectivity index (χ0) is 15.8. The number of hydrogen-bond acceptors (Lipinski definition) is 6. The molecule has 0 saturated carbocycles. The maximum atomic E-state index is 11.8. The van der Waals surface area contributed by atoms with Crippen LogP contribution in [0.1, 0.15) is 5.69 Å². The van der Waals surface area contributed by atoms with Gasteiger partial charge in [0.05, 0.1) is 25.8 Å². The molecule has 0 aliphatic rings. The van der Waals surface area contributed by atoms with Gasteiger partial charge in [0.25, 0.3) is 0 Å². The Morgan fingerprint density at radius 2 is 2.00 bits per heavy atom. The van der Waals surface area contributed by atoms with Crippen LogP contribution >= 0.6 is 11.3 Å². The Kier molecular flexibility index (Phi) is 6.02. The lowest BCUT2D eigenvalue weighted by atomic mass is 10.3. The van der Waals surface area contributed by atoms with Crippen LogP contribution in [-0.2, 0) is 11.2 Å². The Balaban J connectivity index is 1.66. The number of hydrogen-bond donors (Lipinski definition) is 2. The molecule has 0 unspecified atom stereocenters. The largest absolute Gasteiger partial charge is 0.497 e. The third kappa shape index (κ3) is 4.92. The van der Waals surface area contributed by atoms with E-state index >= 15 is 0 Å². The Bertz CT molecular complexity index is 598. The molecule has 2 N–H and O–H groups in total. The summed E-state index contributed by atoms with van der Waals surface area (Å²) < 4.78 is 10.6. The number of methoxy groups -OCH3 is 1. The first kappa shape index (κ1) is 16.1. The number of thiazole rings is 1. The van der Waals surface area contributed by atoms with Crippen LogP contribution in [0.3, 0.4) is 0 Å². The fourth-order valence-corrected chi connectivity index (χ4v) is 2.43. The zero-order valence-corrected chi connectivity index (χ0v) is 13.4. The average molecular weight is 321 g/mol. The molecule has 0 fully saturated rings. The molecule has 1 aromatic heterocycles. The monoisotopic (exact) mass is 321 g/mol. The van der Waals surface area contributed by atoms with Crippen molar-refractivity contribution in [3.63, 3.8) is 0 Å². The molecular formula is C15H19N3O3S. The fraction of sp³-hybridized carbons (Fsp3) is 0.333. The van der Waals surface area contributed by atoms with Gasteiger partial charge in [-0.2, -0.15) is 0 Å². The second-order valence-corrected chi connectivity index (χ2v) is 5.30. The molecule has 7 heteroatoms. The molecule has 0 atom stereocenters.